The first kappa shape index (κ1) is 19.2. The molecule has 29 heavy (non-hydrogen) atoms. The lowest BCUT2D eigenvalue weighted by Crippen LogP contribution is -2.29. The standard InChI is InChI=1S/C23H25FN4O/c1-26(16-18-5-9-20(10-6-18)27-13-3-2-4-14-27)23(29)22-15-25-17-28(22)21-11-7-19(24)8-12-21/h5-12,15,17H,2-4,13-14,16H2,1H3. The van der Waals surface area contributed by atoms with E-state index in [1.165, 1.54) is 37.1 Å². The Kier molecular flexibility index (Phi) is 5.60. The van der Waals surface area contributed by atoms with E-state index in [0.29, 0.717) is 17.9 Å². The number of benzene rings is 2. The Bertz CT molecular complexity index is 959. The zero-order chi connectivity index (χ0) is 20.2. The molecule has 0 atom stereocenters. The summed E-state index contributed by atoms with van der Waals surface area (Å²) in [6.07, 6.45) is 6.93. The molecule has 1 aliphatic rings. The van der Waals surface area contributed by atoms with Gasteiger partial charge in [0.1, 0.15) is 11.5 Å². The maximum atomic E-state index is 13.2. The van der Waals surface area contributed by atoms with E-state index in [1.54, 1.807) is 41.2 Å². The molecule has 0 N–H and O–H groups in total. The van der Waals surface area contributed by atoms with E-state index in [1.807, 2.05) is 0 Å². The third-order valence-corrected chi connectivity index (χ3v) is 5.39. The van der Waals surface area contributed by atoms with E-state index in [4.69, 9.17) is 0 Å². The van der Waals surface area contributed by atoms with Crippen molar-refractivity contribution in [2.75, 3.05) is 25.0 Å². The second-order valence-corrected chi connectivity index (χ2v) is 7.50. The predicted molar refractivity (Wildman–Crippen MR) is 112 cm³/mol. The van der Waals surface area contributed by atoms with Crippen LogP contribution in [0.1, 0.15) is 35.3 Å². The minimum atomic E-state index is -0.313. The van der Waals surface area contributed by atoms with Crippen molar-refractivity contribution in [3.8, 4) is 5.69 Å². The fraction of sp³-hybridized carbons (Fsp3) is 0.304. The molecule has 0 spiro atoms. The molecule has 1 fully saturated rings. The van der Waals surface area contributed by atoms with Crippen molar-refractivity contribution in [1.82, 2.24) is 14.5 Å². The number of halogens is 1. The van der Waals surface area contributed by atoms with Gasteiger partial charge in [-0.2, -0.15) is 0 Å². The van der Waals surface area contributed by atoms with E-state index in [-0.39, 0.29) is 11.7 Å². The van der Waals surface area contributed by atoms with E-state index < -0.39 is 0 Å². The summed E-state index contributed by atoms with van der Waals surface area (Å²) in [5, 5.41) is 0. The summed E-state index contributed by atoms with van der Waals surface area (Å²) in [6.45, 7) is 2.74. The fourth-order valence-electron chi connectivity index (χ4n) is 3.77. The van der Waals surface area contributed by atoms with Gasteiger partial charge in [-0.15, -0.1) is 0 Å². The Labute approximate surface area is 170 Å². The molecular weight excluding hydrogens is 367 g/mol. The van der Waals surface area contributed by atoms with Gasteiger partial charge in [0.15, 0.2) is 0 Å². The van der Waals surface area contributed by atoms with Crippen LogP contribution in [0, 0.1) is 5.82 Å². The third-order valence-electron chi connectivity index (χ3n) is 5.39. The lowest BCUT2D eigenvalue weighted by molar-refractivity contribution is 0.0777. The smallest absolute Gasteiger partial charge is 0.272 e. The van der Waals surface area contributed by atoms with Crippen molar-refractivity contribution in [3.63, 3.8) is 0 Å². The van der Waals surface area contributed by atoms with E-state index in [9.17, 15) is 9.18 Å². The molecule has 3 aromatic rings. The molecule has 2 aromatic carbocycles. The molecule has 1 aliphatic heterocycles. The van der Waals surface area contributed by atoms with Crippen molar-refractivity contribution >= 4 is 11.6 Å². The number of carbonyl (C=O) groups excluding carboxylic acids is 1. The minimum Gasteiger partial charge on any atom is -0.372 e. The summed E-state index contributed by atoms with van der Waals surface area (Å²) >= 11 is 0. The number of amides is 1. The van der Waals surface area contributed by atoms with E-state index in [2.05, 4.69) is 34.1 Å². The molecule has 1 aromatic heterocycles. The van der Waals surface area contributed by atoms with Crippen molar-refractivity contribution < 1.29 is 9.18 Å². The number of carbonyl (C=O) groups is 1. The summed E-state index contributed by atoms with van der Waals surface area (Å²) in [6, 6.07) is 14.5. The molecule has 1 saturated heterocycles. The zero-order valence-corrected chi connectivity index (χ0v) is 16.6. The molecule has 0 saturated carbocycles. The van der Waals surface area contributed by atoms with Crippen LogP contribution in [0.4, 0.5) is 10.1 Å². The van der Waals surface area contributed by atoms with Gasteiger partial charge in [0.25, 0.3) is 5.91 Å². The highest BCUT2D eigenvalue weighted by Gasteiger charge is 2.18. The third kappa shape index (κ3) is 4.31. The van der Waals surface area contributed by atoms with Crippen LogP contribution in [0.25, 0.3) is 5.69 Å². The van der Waals surface area contributed by atoms with Gasteiger partial charge >= 0.3 is 0 Å². The number of aromatic nitrogens is 2. The molecule has 6 heteroatoms. The number of anilines is 1. The number of rotatable bonds is 5. The highest BCUT2D eigenvalue weighted by Crippen LogP contribution is 2.21. The SMILES string of the molecule is CN(Cc1ccc(N2CCCCC2)cc1)C(=O)c1cncn1-c1ccc(F)cc1. The quantitative estimate of drug-likeness (QED) is 0.651. The van der Waals surface area contributed by atoms with Crippen molar-refractivity contribution in [2.45, 2.75) is 25.8 Å². The lowest BCUT2D eigenvalue weighted by Gasteiger charge is -2.29. The van der Waals surface area contributed by atoms with Gasteiger partial charge in [0.2, 0.25) is 0 Å². The van der Waals surface area contributed by atoms with Crippen LogP contribution < -0.4 is 4.90 Å². The average molecular weight is 392 g/mol. The lowest BCUT2D eigenvalue weighted by atomic mass is 10.1. The van der Waals surface area contributed by atoms with Crippen LogP contribution in [0.2, 0.25) is 0 Å². The van der Waals surface area contributed by atoms with Gasteiger partial charge < -0.3 is 9.80 Å². The molecule has 5 nitrogen and oxygen atoms in total. The first-order valence-corrected chi connectivity index (χ1v) is 9.99. The summed E-state index contributed by atoms with van der Waals surface area (Å²) in [5.41, 5.74) is 3.47. The topological polar surface area (TPSA) is 41.4 Å². The molecule has 2 heterocycles. The van der Waals surface area contributed by atoms with Gasteiger partial charge in [-0.3, -0.25) is 9.36 Å². The predicted octanol–water partition coefficient (Wildman–Crippen LogP) is 4.27. The summed E-state index contributed by atoms with van der Waals surface area (Å²) in [7, 11) is 1.78. The maximum Gasteiger partial charge on any atom is 0.272 e. The largest absolute Gasteiger partial charge is 0.372 e. The second-order valence-electron chi connectivity index (χ2n) is 7.50. The normalized spacial score (nSPS) is 14.1. The van der Waals surface area contributed by atoms with Crippen LogP contribution in [0.3, 0.4) is 0 Å². The maximum absolute atomic E-state index is 13.2. The summed E-state index contributed by atoms with van der Waals surface area (Å²) in [4.78, 5) is 21.2. The van der Waals surface area contributed by atoms with Gasteiger partial charge in [0.05, 0.1) is 12.5 Å². The number of piperidine rings is 1. The Hall–Kier alpha value is -3.15. The first-order chi connectivity index (χ1) is 14.1. The summed E-state index contributed by atoms with van der Waals surface area (Å²) in [5.74, 6) is -0.446. The Balaban J connectivity index is 1.45. The van der Waals surface area contributed by atoms with Gasteiger partial charge in [-0.25, -0.2) is 9.37 Å². The zero-order valence-electron chi connectivity index (χ0n) is 16.6. The van der Waals surface area contributed by atoms with Gasteiger partial charge in [-0.05, 0) is 61.2 Å². The van der Waals surface area contributed by atoms with E-state index >= 15 is 0 Å². The van der Waals surface area contributed by atoms with Crippen LogP contribution in [-0.2, 0) is 6.54 Å². The molecule has 4 rings (SSSR count). The minimum absolute atomic E-state index is 0.132. The van der Waals surface area contributed by atoms with Crippen LogP contribution in [0.5, 0.6) is 0 Å². The molecule has 0 aliphatic carbocycles. The molecule has 0 radical (unpaired) electrons. The number of nitrogens with zero attached hydrogens (tertiary/aromatic N) is 4. The highest BCUT2D eigenvalue weighted by atomic mass is 19.1. The van der Waals surface area contributed by atoms with Crippen LogP contribution in [-0.4, -0.2) is 40.5 Å². The monoisotopic (exact) mass is 392 g/mol. The van der Waals surface area contributed by atoms with Crippen LogP contribution >= 0.6 is 0 Å². The van der Waals surface area contributed by atoms with Gasteiger partial charge in [0, 0.05) is 38.1 Å². The Morgan fingerprint density at radius 2 is 1.66 bits per heavy atom. The molecular formula is C23H25FN4O. The Morgan fingerprint density at radius 1 is 1.00 bits per heavy atom. The molecule has 0 bridgehead atoms. The first-order valence-electron chi connectivity index (χ1n) is 9.99. The molecule has 1 amide bonds. The Morgan fingerprint density at radius 3 is 2.34 bits per heavy atom. The van der Waals surface area contributed by atoms with E-state index in [0.717, 1.165) is 18.7 Å². The molecule has 150 valence electrons. The summed E-state index contributed by atoms with van der Waals surface area (Å²) < 4.78 is 14.9. The van der Waals surface area contributed by atoms with Crippen molar-refractivity contribution in [3.05, 3.63) is 78.1 Å². The van der Waals surface area contributed by atoms with Crippen LogP contribution in [0.15, 0.2) is 61.1 Å². The van der Waals surface area contributed by atoms with Gasteiger partial charge in [-0.1, -0.05) is 12.1 Å². The highest BCUT2D eigenvalue weighted by molar-refractivity contribution is 5.92. The second kappa shape index (κ2) is 8.47. The van der Waals surface area contributed by atoms with Crippen molar-refractivity contribution in [1.29, 1.82) is 0 Å². The molecule has 0 unspecified atom stereocenters. The number of hydrogen-bond acceptors (Lipinski definition) is 3. The number of imidazole rings is 1. The number of hydrogen-bond donors (Lipinski definition) is 0. The van der Waals surface area contributed by atoms with Crippen molar-refractivity contribution in [2.24, 2.45) is 0 Å². The fourth-order valence-corrected chi connectivity index (χ4v) is 3.77. The average Bonchev–Trinajstić information content (AvgIpc) is 3.24.